The fraction of sp³-hybridized carbons (Fsp3) is 0.217. The van der Waals surface area contributed by atoms with Crippen LogP contribution in [0.4, 0.5) is 0 Å². The summed E-state index contributed by atoms with van der Waals surface area (Å²) in [6.45, 7) is 2.35. The molecule has 0 amide bonds. The van der Waals surface area contributed by atoms with Gasteiger partial charge in [0.2, 0.25) is 0 Å². The molecule has 4 aromatic rings. The minimum Gasteiger partial charge on any atom is -0.264 e. The number of fused-ring (bicyclic) bond motifs is 5. The third kappa shape index (κ3) is 2.32. The molecule has 2 nitrogen and oxygen atoms in total. The van der Waals surface area contributed by atoms with Crippen LogP contribution in [0.2, 0.25) is 0 Å². The zero-order valence-corrected chi connectivity index (χ0v) is 14.4. The van der Waals surface area contributed by atoms with Crippen LogP contribution in [0.3, 0.4) is 0 Å². The zero-order chi connectivity index (χ0) is 16.8. The number of pyridine rings is 2. The average Bonchev–Trinajstić information content (AvgIpc) is 2.67. The molecule has 2 heterocycles. The van der Waals surface area contributed by atoms with Gasteiger partial charge in [0, 0.05) is 23.3 Å². The maximum Gasteiger partial charge on any atom is 0.0760 e. The van der Waals surface area contributed by atoms with Crippen LogP contribution in [0, 0.1) is 5.92 Å². The molecule has 25 heavy (non-hydrogen) atoms. The van der Waals surface area contributed by atoms with E-state index >= 15 is 0 Å². The summed E-state index contributed by atoms with van der Waals surface area (Å²) in [6, 6.07) is 17.2. The van der Waals surface area contributed by atoms with Gasteiger partial charge in [-0.05, 0) is 65.3 Å². The highest BCUT2D eigenvalue weighted by Crippen LogP contribution is 2.39. The monoisotopic (exact) mass is 324 g/mol. The van der Waals surface area contributed by atoms with Gasteiger partial charge in [-0.25, -0.2) is 4.98 Å². The van der Waals surface area contributed by atoms with Crippen LogP contribution in [0.25, 0.3) is 32.9 Å². The Morgan fingerprint density at radius 2 is 1.88 bits per heavy atom. The molecule has 0 spiro atoms. The Morgan fingerprint density at radius 3 is 2.76 bits per heavy atom. The van der Waals surface area contributed by atoms with E-state index in [1.807, 2.05) is 18.5 Å². The first kappa shape index (κ1) is 14.6. The van der Waals surface area contributed by atoms with E-state index < -0.39 is 0 Å². The summed E-state index contributed by atoms with van der Waals surface area (Å²) in [7, 11) is 0. The van der Waals surface area contributed by atoms with Gasteiger partial charge in [-0.2, -0.15) is 0 Å². The van der Waals surface area contributed by atoms with Crippen molar-refractivity contribution in [3.63, 3.8) is 0 Å². The van der Waals surface area contributed by atoms with E-state index in [1.54, 1.807) is 0 Å². The van der Waals surface area contributed by atoms with Crippen LogP contribution in [0.5, 0.6) is 0 Å². The number of nitrogens with zero attached hydrogens (tertiary/aromatic N) is 2. The van der Waals surface area contributed by atoms with Crippen LogP contribution in [-0.4, -0.2) is 9.97 Å². The van der Waals surface area contributed by atoms with Crippen molar-refractivity contribution in [3.05, 3.63) is 72.1 Å². The molecule has 1 aliphatic carbocycles. The molecule has 1 aliphatic rings. The Bertz CT molecular complexity index is 1080. The van der Waals surface area contributed by atoms with Crippen LogP contribution >= 0.6 is 0 Å². The third-order valence-electron chi connectivity index (χ3n) is 5.47. The third-order valence-corrected chi connectivity index (χ3v) is 5.47. The van der Waals surface area contributed by atoms with E-state index in [2.05, 4.69) is 54.4 Å². The zero-order valence-electron chi connectivity index (χ0n) is 14.4. The molecule has 0 bridgehead atoms. The summed E-state index contributed by atoms with van der Waals surface area (Å²) >= 11 is 0. The summed E-state index contributed by atoms with van der Waals surface area (Å²) < 4.78 is 0. The average molecular weight is 324 g/mol. The number of rotatable bonds is 1. The van der Waals surface area contributed by atoms with E-state index in [0.717, 1.165) is 29.6 Å². The first-order valence-corrected chi connectivity index (χ1v) is 9.05. The second-order valence-electron chi connectivity index (χ2n) is 7.19. The predicted molar refractivity (Wildman–Crippen MR) is 104 cm³/mol. The summed E-state index contributed by atoms with van der Waals surface area (Å²) in [5.41, 5.74) is 6.28. The topological polar surface area (TPSA) is 25.8 Å². The Hall–Kier alpha value is -2.74. The van der Waals surface area contributed by atoms with Crippen LogP contribution < -0.4 is 0 Å². The summed E-state index contributed by atoms with van der Waals surface area (Å²) in [4.78, 5) is 9.42. The van der Waals surface area contributed by atoms with Crippen molar-refractivity contribution in [1.29, 1.82) is 0 Å². The van der Waals surface area contributed by atoms with Crippen molar-refractivity contribution in [2.24, 2.45) is 5.92 Å². The Morgan fingerprint density at radius 1 is 0.960 bits per heavy atom. The van der Waals surface area contributed by atoms with E-state index in [0.29, 0.717) is 5.92 Å². The molecule has 0 fully saturated rings. The van der Waals surface area contributed by atoms with Crippen LogP contribution in [0.15, 0.2) is 60.9 Å². The minimum absolute atomic E-state index is 0.706. The van der Waals surface area contributed by atoms with E-state index in [1.165, 1.54) is 33.7 Å². The van der Waals surface area contributed by atoms with E-state index in [4.69, 9.17) is 4.98 Å². The molecule has 5 rings (SSSR count). The Labute approximate surface area is 147 Å². The second-order valence-corrected chi connectivity index (χ2v) is 7.19. The molecule has 0 saturated heterocycles. The van der Waals surface area contributed by atoms with Gasteiger partial charge >= 0.3 is 0 Å². The first-order valence-electron chi connectivity index (χ1n) is 9.05. The molecule has 0 radical (unpaired) electrons. The Kier molecular flexibility index (Phi) is 3.30. The van der Waals surface area contributed by atoms with Gasteiger partial charge in [-0.3, -0.25) is 4.98 Å². The highest BCUT2D eigenvalue weighted by Gasteiger charge is 2.23. The number of benzene rings is 2. The smallest absolute Gasteiger partial charge is 0.0760 e. The lowest BCUT2D eigenvalue weighted by Gasteiger charge is -2.26. The number of aromatic nitrogens is 2. The maximum absolute atomic E-state index is 5.10. The fourth-order valence-corrected chi connectivity index (χ4v) is 4.23. The van der Waals surface area contributed by atoms with Crippen molar-refractivity contribution in [2.45, 2.75) is 26.2 Å². The largest absolute Gasteiger partial charge is 0.264 e. The Balaban J connectivity index is 1.91. The first-order chi connectivity index (χ1) is 12.3. The van der Waals surface area contributed by atoms with Crippen molar-refractivity contribution >= 4 is 21.7 Å². The minimum atomic E-state index is 0.706. The number of hydrogen-bond donors (Lipinski definition) is 0. The maximum atomic E-state index is 5.10. The van der Waals surface area contributed by atoms with Gasteiger partial charge in [0.25, 0.3) is 0 Å². The highest BCUT2D eigenvalue weighted by molar-refractivity contribution is 6.09. The van der Waals surface area contributed by atoms with Crippen LogP contribution in [-0.2, 0) is 12.8 Å². The van der Waals surface area contributed by atoms with Crippen molar-refractivity contribution in [2.75, 3.05) is 0 Å². The molecule has 2 heteroatoms. The van der Waals surface area contributed by atoms with Gasteiger partial charge in [-0.15, -0.1) is 0 Å². The lowest BCUT2D eigenvalue weighted by Crippen LogP contribution is -2.14. The van der Waals surface area contributed by atoms with Crippen LogP contribution in [0.1, 0.15) is 24.5 Å². The van der Waals surface area contributed by atoms with E-state index in [-0.39, 0.29) is 0 Å². The van der Waals surface area contributed by atoms with Crippen molar-refractivity contribution in [3.8, 4) is 11.3 Å². The summed E-state index contributed by atoms with van der Waals surface area (Å²) in [6.07, 6.45) is 7.26. The molecule has 1 atom stereocenters. The molecular formula is C23H20N2. The van der Waals surface area contributed by atoms with Gasteiger partial charge in [-0.1, -0.05) is 37.3 Å². The quantitative estimate of drug-likeness (QED) is 0.427. The normalized spacial score (nSPS) is 16.9. The highest BCUT2D eigenvalue weighted by atomic mass is 14.7. The van der Waals surface area contributed by atoms with Gasteiger partial charge in [0.1, 0.15) is 0 Å². The summed E-state index contributed by atoms with van der Waals surface area (Å²) in [5, 5.41) is 3.98. The molecule has 122 valence electrons. The summed E-state index contributed by atoms with van der Waals surface area (Å²) in [5.74, 6) is 0.706. The number of aryl methyl sites for hydroxylation is 1. The molecule has 0 unspecified atom stereocenters. The number of hydrogen-bond acceptors (Lipinski definition) is 2. The second kappa shape index (κ2) is 5.66. The lowest BCUT2D eigenvalue weighted by molar-refractivity contribution is 0.503. The van der Waals surface area contributed by atoms with Gasteiger partial charge in [0.05, 0.1) is 11.2 Å². The molecule has 0 aliphatic heterocycles. The fourth-order valence-electron chi connectivity index (χ4n) is 4.23. The van der Waals surface area contributed by atoms with Crippen molar-refractivity contribution < 1.29 is 0 Å². The molecule has 2 aromatic carbocycles. The van der Waals surface area contributed by atoms with Gasteiger partial charge < -0.3 is 0 Å². The predicted octanol–water partition coefficient (Wildman–Crippen LogP) is 5.57. The molecule has 2 aromatic heterocycles. The molecule has 0 N–H and O–H groups in total. The van der Waals surface area contributed by atoms with Gasteiger partial charge in [0.15, 0.2) is 0 Å². The molecular weight excluding hydrogens is 304 g/mol. The van der Waals surface area contributed by atoms with Crippen molar-refractivity contribution in [1.82, 2.24) is 9.97 Å². The van der Waals surface area contributed by atoms with E-state index in [9.17, 15) is 0 Å². The molecule has 0 saturated carbocycles. The SMILES string of the molecule is C[C@H]1CCc2c(c(-c3cccnc3)nc3ccc4ccccc4c23)C1. The standard InChI is InChI=1S/C23H20N2/c1-15-8-10-19-20(13-15)23(17-6-4-12-24-14-17)25-21-11-9-16-5-2-3-7-18(16)22(19)21/h2-7,9,11-12,14-15H,8,10,13H2,1H3/t15-/m0/s1. The lowest BCUT2D eigenvalue weighted by atomic mass is 9.80.